The van der Waals surface area contributed by atoms with Gasteiger partial charge in [-0.15, -0.1) is 0 Å². The lowest BCUT2D eigenvalue weighted by Gasteiger charge is -2.08. The standard InChI is InChI=1S/C19H17N3O4S/c1-22-17(24)14-5-3-4-6-15(14)21-18(22)27-11-16(23)12-7-9-13(10-8-12)20-19(25)26-2/h3-10H,11H2,1-2H3,(H,20,25). The number of benzene rings is 2. The van der Waals surface area contributed by atoms with Crippen LogP contribution in [0, 0.1) is 0 Å². The molecule has 138 valence electrons. The molecule has 0 fully saturated rings. The van der Waals surface area contributed by atoms with Crippen molar-refractivity contribution in [3.05, 3.63) is 64.4 Å². The van der Waals surface area contributed by atoms with Crippen molar-refractivity contribution >= 4 is 40.2 Å². The van der Waals surface area contributed by atoms with Gasteiger partial charge in [0.1, 0.15) is 0 Å². The number of carbonyl (C=O) groups excluding carboxylic acids is 2. The number of anilines is 1. The second-order valence-corrected chi connectivity index (χ2v) is 6.62. The first kappa shape index (κ1) is 18.7. The molecule has 2 aromatic carbocycles. The minimum atomic E-state index is -0.576. The number of hydrogen-bond donors (Lipinski definition) is 1. The van der Waals surface area contributed by atoms with Crippen LogP contribution in [0.2, 0.25) is 0 Å². The molecule has 1 N–H and O–H groups in total. The number of hydrogen-bond acceptors (Lipinski definition) is 6. The lowest BCUT2D eigenvalue weighted by atomic mass is 10.1. The van der Waals surface area contributed by atoms with Gasteiger partial charge in [-0.3, -0.25) is 19.5 Å². The summed E-state index contributed by atoms with van der Waals surface area (Å²) < 4.78 is 5.96. The Morgan fingerprint density at radius 2 is 1.85 bits per heavy atom. The molecule has 7 nitrogen and oxygen atoms in total. The van der Waals surface area contributed by atoms with Crippen LogP contribution in [0.1, 0.15) is 10.4 Å². The molecule has 0 radical (unpaired) electrons. The van der Waals surface area contributed by atoms with E-state index in [0.717, 1.165) is 0 Å². The molecule has 27 heavy (non-hydrogen) atoms. The molecule has 0 aliphatic heterocycles. The van der Waals surface area contributed by atoms with Crippen molar-refractivity contribution in [2.45, 2.75) is 5.16 Å². The van der Waals surface area contributed by atoms with Gasteiger partial charge in [-0.1, -0.05) is 23.9 Å². The van der Waals surface area contributed by atoms with Crippen molar-refractivity contribution in [3.63, 3.8) is 0 Å². The summed E-state index contributed by atoms with van der Waals surface area (Å²) in [5.41, 5.74) is 1.50. The molecule has 0 saturated heterocycles. The molecule has 3 aromatic rings. The quantitative estimate of drug-likeness (QED) is 0.414. The molecule has 1 amide bonds. The fraction of sp³-hybridized carbons (Fsp3) is 0.158. The molecule has 0 aliphatic rings. The zero-order valence-corrected chi connectivity index (χ0v) is 15.6. The molecule has 0 unspecified atom stereocenters. The third kappa shape index (κ3) is 4.17. The van der Waals surface area contributed by atoms with Gasteiger partial charge in [-0.25, -0.2) is 9.78 Å². The lowest BCUT2D eigenvalue weighted by molar-refractivity contribution is 0.102. The number of rotatable bonds is 5. The second-order valence-electron chi connectivity index (χ2n) is 5.68. The highest BCUT2D eigenvalue weighted by atomic mass is 32.2. The molecule has 1 aromatic heterocycles. The Hall–Kier alpha value is -3.13. The number of thioether (sulfide) groups is 1. The number of ketones is 1. The van der Waals surface area contributed by atoms with E-state index in [1.807, 2.05) is 6.07 Å². The first-order chi connectivity index (χ1) is 13.0. The van der Waals surface area contributed by atoms with E-state index in [9.17, 15) is 14.4 Å². The van der Waals surface area contributed by atoms with Crippen molar-refractivity contribution < 1.29 is 14.3 Å². The summed E-state index contributed by atoms with van der Waals surface area (Å²) in [4.78, 5) is 40.5. The number of aromatic nitrogens is 2. The third-order valence-corrected chi connectivity index (χ3v) is 4.94. The minimum Gasteiger partial charge on any atom is -0.453 e. The number of fused-ring (bicyclic) bond motifs is 1. The summed E-state index contributed by atoms with van der Waals surface area (Å²) in [6, 6.07) is 13.6. The van der Waals surface area contributed by atoms with Crippen LogP contribution >= 0.6 is 11.8 Å². The minimum absolute atomic E-state index is 0.105. The van der Waals surface area contributed by atoms with E-state index in [-0.39, 0.29) is 17.1 Å². The first-order valence-electron chi connectivity index (χ1n) is 8.06. The highest BCUT2D eigenvalue weighted by Gasteiger charge is 2.12. The summed E-state index contributed by atoms with van der Waals surface area (Å²) in [6.07, 6.45) is -0.576. The van der Waals surface area contributed by atoms with Crippen LogP contribution in [-0.2, 0) is 11.8 Å². The number of amides is 1. The molecule has 0 spiro atoms. The van der Waals surface area contributed by atoms with E-state index in [1.54, 1.807) is 49.5 Å². The van der Waals surface area contributed by atoms with Gasteiger partial charge in [0.05, 0.1) is 23.8 Å². The lowest BCUT2D eigenvalue weighted by Crippen LogP contribution is -2.20. The Kier molecular flexibility index (Phi) is 5.56. The number of nitrogens with zero attached hydrogens (tertiary/aromatic N) is 2. The zero-order valence-electron chi connectivity index (χ0n) is 14.8. The normalized spacial score (nSPS) is 10.6. The van der Waals surface area contributed by atoms with Gasteiger partial charge in [0.15, 0.2) is 10.9 Å². The van der Waals surface area contributed by atoms with Crippen LogP contribution in [0.25, 0.3) is 10.9 Å². The molecule has 0 bridgehead atoms. The van der Waals surface area contributed by atoms with Crippen molar-refractivity contribution in [2.24, 2.45) is 7.05 Å². The molecule has 8 heteroatoms. The van der Waals surface area contributed by atoms with E-state index >= 15 is 0 Å². The van der Waals surface area contributed by atoms with Crippen molar-refractivity contribution in [3.8, 4) is 0 Å². The number of ether oxygens (including phenoxy) is 1. The summed E-state index contributed by atoms with van der Waals surface area (Å²) in [6.45, 7) is 0. The largest absolute Gasteiger partial charge is 0.453 e. The van der Waals surface area contributed by atoms with E-state index in [1.165, 1.54) is 23.4 Å². The average Bonchev–Trinajstić information content (AvgIpc) is 2.70. The molecular formula is C19H17N3O4S. The first-order valence-corrected chi connectivity index (χ1v) is 9.05. The zero-order chi connectivity index (χ0) is 19.4. The van der Waals surface area contributed by atoms with Crippen LogP contribution in [0.3, 0.4) is 0 Å². The van der Waals surface area contributed by atoms with Gasteiger partial charge < -0.3 is 4.74 Å². The van der Waals surface area contributed by atoms with Crippen LogP contribution in [0.5, 0.6) is 0 Å². The number of Topliss-reactive ketones (excluding diaryl/α,β-unsaturated/α-hetero) is 1. The topological polar surface area (TPSA) is 90.3 Å². The smallest absolute Gasteiger partial charge is 0.411 e. The fourth-order valence-electron chi connectivity index (χ4n) is 2.45. The van der Waals surface area contributed by atoms with E-state index in [0.29, 0.717) is 27.3 Å². The molecule has 0 saturated carbocycles. The average molecular weight is 383 g/mol. The second kappa shape index (κ2) is 8.05. The van der Waals surface area contributed by atoms with Gasteiger partial charge in [0.2, 0.25) is 0 Å². The summed E-state index contributed by atoms with van der Waals surface area (Å²) in [5, 5.41) is 3.55. The Balaban J connectivity index is 1.72. The van der Waals surface area contributed by atoms with E-state index < -0.39 is 6.09 Å². The van der Waals surface area contributed by atoms with Crippen molar-refractivity contribution in [1.29, 1.82) is 0 Å². The van der Waals surface area contributed by atoms with Crippen molar-refractivity contribution in [2.75, 3.05) is 18.2 Å². The fourth-order valence-corrected chi connectivity index (χ4v) is 3.31. The summed E-state index contributed by atoms with van der Waals surface area (Å²) in [7, 11) is 2.92. The molecule has 1 heterocycles. The monoisotopic (exact) mass is 383 g/mol. The SMILES string of the molecule is COC(=O)Nc1ccc(C(=O)CSc2nc3ccccc3c(=O)n2C)cc1. The molecule has 0 atom stereocenters. The highest BCUT2D eigenvalue weighted by molar-refractivity contribution is 7.99. The summed E-state index contributed by atoms with van der Waals surface area (Å²) in [5.74, 6) is 0.0367. The number of methoxy groups -OCH3 is 1. The van der Waals surface area contributed by atoms with Crippen molar-refractivity contribution in [1.82, 2.24) is 9.55 Å². The van der Waals surface area contributed by atoms with Gasteiger partial charge in [0.25, 0.3) is 5.56 Å². The van der Waals surface area contributed by atoms with Gasteiger partial charge in [0, 0.05) is 18.3 Å². The number of carbonyl (C=O) groups is 2. The van der Waals surface area contributed by atoms with Crippen LogP contribution in [0.4, 0.5) is 10.5 Å². The van der Waals surface area contributed by atoms with E-state index in [2.05, 4.69) is 15.0 Å². The Morgan fingerprint density at radius 1 is 1.15 bits per heavy atom. The Morgan fingerprint density at radius 3 is 2.56 bits per heavy atom. The maximum absolute atomic E-state index is 12.4. The Bertz CT molecular complexity index is 1060. The highest BCUT2D eigenvalue weighted by Crippen LogP contribution is 2.19. The van der Waals surface area contributed by atoms with Crippen LogP contribution in [-0.4, -0.2) is 34.3 Å². The molecule has 0 aliphatic carbocycles. The van der Waals surface area contributed by atoms with Crippen LogP contribution < -0.4 is 10.9 Å². The predicted molar refractivity (Wildman–Crippen MR) is 105 cm³/mol. The summed E-state index contributed by atoms with van der Waals surface area (Å²) >= 11 is 1.21. The third-order valence-electron chi connectivity index (χ3n) is 3.91. The van der Waals surface area contributed by atoms with E-state index in [4.69, 9.17) is 0 Å². The predicted octanol–water partition coefficient (Wildman–Crippen LogP) is 3.09. The van der Waals surface area contributed by atoms with Gasteiger partial charge in [-0.05, 0) is 36.4 Å². The maximum Gasteiger partial charge on any atom is 0.411 e. The number of para-hydroxylation sites is 1. The molecular weight excluding hydrogens is 366 g/mol. The number of nitrogens with one attached hydrogen (secondary N) is 1. The van der Waals surface area contributed by atoms with Gasteiger partial charge >= 0.3 is 6.09 Å². The van der Waals surface area contributed by atoms with Gasteiger partial charge in [-0.2, -0.15) is 0 Å². The van der Waals surface area contributed by atoms with Crippen LogP contribution in [0.15, 0.2) is 58.5 Å². The molecule has 3 rings (SSSR count). The Labute approximate surface area is 159 Å². The maximum atomic E-state index is 12.4.